The lowest BCUT2D eigenvalue weighted by molar-refractivity contribution is 0.101. The molecule has 6 nitrogen and oxygen atoms in total. The fraction of sp³-hybridized carbons (Fsp3) is 0.0455. The summed E-state index contributed by atoms with van der Waals surface area (Å²) in [4.78, 5) is 17.3. The first-order valence-electron chi connectivity index (χ1n) is 8.98. The van der Waals surface area contributed by atoms with Gasteiger partial charge in [-0.3, -0.25) is 4.79 Å². The second kappa shape index (κ2) is 8.69. The number of anilines is 1. The first kappa shape index (κ1) is 20.1. The van der Waals surface area contributed by atoms with Crippen molar-refractivity contribution < 1.29 is 9.53 Å². The molecule has 30 heavy (non-hydrogen) atoms. The Hall–Kier alpha value is -3.16. The predicted molar refractivity (Wildman–Crippen MR) is 120 cm³/mol. The van der Waals surface area contributed by atoms with Gasteiger partial charge in [0, 0.05) is 10.0 Å². The minimum atomic E-state index is -0.450. The zero-order valence-corrected chi connectivity index (χ0v) is 18.2. The van der Waals surface area contributed by atoms with Crippen LogP contribution in [-0.2, 0) is 0 Å². The standard InChI is InChI=1S/C22H16BrClN4O2/c1-30-17-12-10-16(11-13-17)28-21(14-6-8-15(23)9-7-14)26-20(27-28)22(29)25-19-5-3-2-4-18(19)24/h2-13H,1H3,(H,25,29). The average Bonchev–Trinajstić information content (AvgIpc) is 3.21. The fourth-order valence-electron chi connectivity index (χ4n) is 2.84. The number of carbonyl (C=O) groups is 1. The van der Waals surface area contributed by atoms with E-state index in [4.69, 9.17) is 16.3 Å². The van der Waals surface area contributed by atoms with Crippen LogP contribution in [0.4, 0.5) is 5.69 Å². The Morgan fingerprint density at radius 3 is 2.40 bits per heavy atom. The van der Waals surface area contributed by atoms with Gasteiger partial charge in [-0.05, 0) is 48.5 Å². The number of nitrogens with zero attached hydrogens (tertiary/aromatic N) is 3. The second-order valence-electron chi connectivity index (χ2n) is 6.31. The van der Waals surface area contributed by atoms with Gasteiger partial charge in [0.05, 0.1) is 23.5 Å². The molecule has 4 rings (SSSR count). The first-order chi connectivity index (χ1) is 14.5. The number of ether oxygens (including phenoxy) is 1. The van der Waals surface area contributed by atoms with Crippen molar-refractivity contribution in [3.63, 3.8) is 0 Å². The van der Waals surface area contributed by atoms with Gasteiger partial charge in [-0.2, -0.15) is 0 Å². The smallest absolute Gasteiger partial charge is 0.295 e. The molecular formula is C22H16BrClN4O2. The van der Waals surface area contributed by atoms with E-state index in [0.29, 0.717) is 16.5 Å². The van der Waals surface area contributed by atoms with Crippen molar-refractivity contribution in [1.29, 1.82) is 0 Å². The summed E-state index contributed by atoms with van der Waals surface area (Å²) in [6, 6.07) is 22.0. The first-order valence-corrected chi connectivity index (χ1v) is 10.2. The van der Waals surface area contributed by atoms with E-state index in [1.54, 1.807) is 36.1 Å². The van der Waals surface area contributed by atoms with E-state index in [1.165, 1.54) is 0 Å². The highest BCUT2D eigenvalue weighted by atomic mass is 79.9. The Labute approximate surface area is 186 Å². The van der Waals surface area contributed by atoms with E-state index in [-0.39, 0.29) is 5.82 Å². The van der Waals surface area contributed by atoms with E-state index >= 15 is 0 Å². The molecule has 1 heterocycles. The zero-order valence-electron chi connectivity index (χ0n) is 15.8. The highest BCUT2D eigenvalue weighted by molar-refractivity contribution is 9.10. The molecule has 0 aliphatic carbocycles. The molecule has 0 spiro atoms. The Morgan fingerprint density at radius 2 is 1.73 bits per heavy atom. The molecule has 0 atom stereocenters. The summed E-state index contributed by atoms with van der Waals surface area (Å²) in [7, 11) is 1.61. The second-order valence-corrected chi connectivity index (χ2v) is 7.63. The number of para-hydroxylation sites is 1. The number of benzene rings is 3. The summed E-state index contributed by atoms with van der Waals surface area (Å²) < 4.78 is 7.80. The number of rotatable bonds is 5. The highest BCUT2D eigenvalue weighted by Gasteiger charge is 2.19. The van der Waals surface area contributed by atoms with Gasteiger partial charge in [0.15, 0.2) is 5.82 Å². The minimum Gasteiger partial charge on any atom is -0.497 e. The van der Waals surface area contributed by atoms with Crippen molar-refractivity contribution in [1.82, 2.24) is 14.8 Å². The van der Waals surface area contributed by atoms with Gasteiger partial charge in [-0.25, -0.2) is 9.67 Å². The molecule has 0 saturated heterocycles. The molecule has 0 unspecified atom stereocenters. The topological polar surface area (TPSA) is 69.0 Å². The van der Waals surface area contributed by atoms with Gasteiger partial charge < -0.3 is 10.1 Å². The van der Waals surface area contributed by atoms with E-state index in [0.717, 1.165) is 21.5 Å². The van der Waals surface area contributed by atoms with Crippen molar-refractivity contribution in [2.45, 2.75) is 0 Å². The average molecular weight is 484 g/mol. The lowest BCUT2D eigenvalue weighted by Gasteiger charge is -2.07. The van der Waals surface area contributed by atoms with Crippen LogP contribution in [0.2, 0.25) is 5.02 Å². The normalized spacial score (nSPS) is 10.6. The minimum absolute atomic E-state index is 0.0312. The van der Waals surface area contributed by atoms with Crippen LogP contribution >= 0.6 is 27.5 Å². The van der Waals surface area contributed by atoms with Gasteiger partial charge in [-0.15, -0.1) is 5.10 Å². The number of halogens is 2. The molecule has 8 heteroatoms. The number of aromatic nitrogens is 3. The van der Waals surface area contributed by atoms with Crippen molar-refractivity contribution in [2.24, 2.45) is 0 Å². The fourth-order valence-corrected chi connectivity index (χ4v) is 3.29. The maximum absolute atomic E-state index is 12.8. The van der Waals surface area contributed by atoms with Gasteiger partial charge >= 0.3 is 0 Å². The molecule has 150 valence electrons. The van der Waals surface area contributed by atoms with Crippen LogP contribution in [0.5, 0.6) is 5.75 Å². The van der Waals surface area contributed by atoms with E-state index in [9.17, 15) is 4.79 Å². The Morgan fingerprint density at radius 1 is 1.03 bits per heavy atom. The molecule has 0 radical (unpaired) electrons. The largest absolute Gasteiger partial charge is 0.497 e. The van der Waals surface area contributed by atoms with Crippen LogP contribution in [0.25, 0.3) is 17.1 Å². The lowest BCUT2D eigenvalue weighted by Crippen LogP contribution is -2.14. The summed E-state index contributed by atoms with van der Waals surface area (Å²) in [6.07, 6.45) is 0. The predicted octanol–water partition coefficient (Wildman–Crippen LogP) is 5.61. The molecule has 0 bridgehead atoms. The summed E-state index contributed by atoms with van der Waals surface area (Å²) in [5.74, 6) is 0.843. The number of amides is 1. The third kappa shape index (κ3) is 4.22. The zero-order chi connectivity index (χ0) is 21.1. The summed E-state index contributed by atoms with van der Waals surface area (Å²) in [5, 5.41) is 7.66. The molecule has 1 N–H and O–H groups in total. The van der Waals surface area contributed by atoms with Gasteiger partial charge in [0.2, 0.25) is 5.82 Å². The molecular weight excluding hydrogens is 468 g/mol. The molecule has 1 amide bonds. The van der Waals surface area contributed by atoms with Crippen LogP contribution in [0.3, 0.4) is 0 Å². The molecule has 0 fully saturated rings. The summed E-state index contributed by atoms with van der Waals surface area (Å²) >= 11 is 9.59. The SMILES string of the molecule is COc1ccc(-n2nc(C(=O)Nc3ccccc3Cl)nc2-c2ccc(Br)cc2)cc1. The Kier molecular flexibility index (Phi) is 5.83. The number of nitrogens with one attached hydrogen (secondary N) is 1. The molecule has 3 aromatic carbocycles. The number of hydrogen-bond acceptors (Lipinski definition) is 4. The molecule has 0 aliphatic heterocycles. The van der Waals surface area contributed by atoms with Crippen molar-refractivity contribution in [3.05, 3.63) is 88.1 Å². The van der Waals surface area contributed by atoms with E-state index in [2.05, 4.69) is 31.3 Å². The Bertz CT molecular complexity index is 1190. The van der Waals surface area contributed by atoms with E-state index < -0.39 is 5.91 Å². The van der Waals surface area contributed by atoms with Gasteiger partial charge in [0.25, 0.3) is 5.91 Å². The maximum Gasteiger partial charge on any atom is 0.295 e. The van der Waals surface area contributed by atoms with Crippen molar-refractivity contribution >= 4 is 39.1 Å². The lowest BCUT2D eigenvalue weighted by atomic mass is 10.2. The molecule has 0 aliphatic rings. The molecule has 0 saturated carbocycles. The Balaban J connectivity index is 1.75. The van der Waals surface area contributed by atoms with Crippen molar-refractivity contribution in [3.8, 4) is 22.8 Å². The quantitative estimate of drug-likeness (QED) is 0.400. The third-order valence-corrected chi connectivity index (χ3v) is 5.21. The van der Waals surface area contributed by atoms with E-state index in [1.807, 2.05) is 48.5 Å². The third-order valence-electron chi connectivity index (χ3n) is 4.35. The monoisotopic (exact) mass is 482 g/mol. The molecule has 4 aromatic rings. The van der Waals surface area contributed by atoms with Crippen LogP contribution in [0.1, 0.15) is 10.6 Å². The van der Waals surface area contributed by atoms with Gasteiger partial charge in [0.1, 0.15) is 5.75 Å². The summed E-state index contributed by atoms with van der Waals surface area (Å²) in [5.41, 5.74) is 2.06. The van der Waals surface area contributed by atoms with Crippen LogP contribution in [-0.4, -0.2) is 27.8 Å². The summed E-state index contributed by atoms with van der Waals surface area (Å²) in [6.45, 7) is 0. The number of methoxy groups -OCH3 is 1. The number of carbonyl (C=O) groups excluding carboxylic acids is 1. The van der Waals surface area contributed by atoms with Gasteiger partial charge in [-0.1, -0.05) is 51.8 Å². The van der Waals surface area contributed by atoms with Crippen LogP contribution < -0.4 is 10.1 Å². The van der Waals surface area contributed by atoms with Crippen LogP contribution in [0.15, 0.2) is 77.3 Å². The molecule has 1 aromatic heterocycles. The van der Waals surface area contributed by atoms with Crippen LogP contribution in [0, 0.1) is 0 Å². The maximum atomic E-state index is 12.8. The van der Waals surface area contributed by atoms with Crippen molar-refractivity contribution in [2.75, 3.05) is 12.4 Å². The number of hydrogen-bond donors (Lipinski definition) is 1. The highest BCUT2D eigenvalue weighted by Crippen LogP contribution is 2.25.